The van der Waals surface area contributed by atoms with Crippen molar-refractivity contribution in [3.05, 3.63) is 0 Å². The lowest BCUT2D eigenvalue weighted by Gasteiger charge is -2.40. The van der Waals surface area contributed by atoms with Gasteiger partial charge in [-0.05, 0) is 38.4 Å². The maximum atomic E-state index is 5.58. The van der Waals surface area contributed by atoms with Crippen LogP contribution >= 0.6 is 11.8 Å². The fourth-order valence-corrected chi connectivity index (χ4v) is 3.67. The number of ether oxygens (including phenoxy) is 1. The third-order valence-electron chi connectivity index (χ3n) is 3.55. The molecule has 1 heterocycles. The summed E-state index contributed by atoms with van der Waals surface area (Å²) in [5, 5.41) is 4.59. The molecule has 1 N–H and O–H groups in total. The summed E-state index contributed by atoms with van der Waals surface area (Å²) in [7, 11) is 0. The highest BCUT2D eigenvalue weighted by molar-refractivity contribution is 7.99. The quantitative estimate of drug-likeness (QED) is 0.800. The zero-order valence-electron chi connectivity index (χ0n) is 9.87. The molecule has 0 aromatic heterocycles. The Balaban J connectivity index is 1.65. The van der Waals surface area contributed by atoms with Crippen molar-refractivity contribution in [1.82, 2.24) is 5.32 Å². The Hall–Kier alpha value is 0.270. The van der Waals surface area contributed by atoms with E-state index in [4.69, 9.17) is 4.74 Å². The maximum absolute atomic E-state index is 5.58. The van der Waals surface area contributed by atoms with Crippen LogP contribution in [0.3, 0.4) is 0 Å². The van der Waals surface area contributed by atoms with E-state index in [1.54, 1.807) is 0 Å². The van der Waals surface area contributed by atoms with Crippen LogP contribution in [-0.2, 0) is 4.74 Å². The van der Waals surface area contributed by atoms with E-state index in [1.165, 1.54) is 31.4 Å². The molecule has 2 aliphatic rings. The summed E-state index contributed by atoms with van der Waals surface area (Å²) >= 11 is 2.12. The van der Waals surface area contributed by atoms with Gasteiger partial charge in [-0.3, -0.25) is 0 Å². The predicted molar refractivity (Wildman–Crippen MR) is 66.5 cm³/mol. The van der Waals surface area contributed by atoms with Gasteiger partial charge in [-0.25, -0.2) is 0 Å². The minimum atomic E-state index is 0.541. The van der Waals surface area contributed by atoms with Crippen molar-refractivity contribution in [1.29, 1.82) is 0 Å². The predicted octanol–water partition coefficient (Wildman–Crippen LogP) is 2.43. The molecule has 2 fully saturated rings. The molecule has 0 bridgehead atoms. The smallest absolute Gasteiger partial charge is 0.0604 e. The molecule has 88 valence electrons. The summed E-state index contributed by atoms with van der Waals surface area (Å²) in [6.45, 7) is 5.31. The van der Waals surface area contributed by atoms with Crippen molar-refractivity contribution < 1.29 is 4.74 Å². The van der Waals surface area contributed by atoms with Crippen LogP contribution in [0.15, 0.2) is 0 Å². The molecular formula is C12H23NOS. The highest BCUT2D eigenvalue weighted by Crippen LogP contribution is 2.29. The van der Waals surface area contributed by atoms with E-state index in [-0.39, 0.29) is 0 Å². The lowest BCUT2D eigenvalue weighted by atomic mass is 9.88. The molecule has 1 saturated carbocycles. The van der Waals surface area contributed by atoms with Crippen LogP contribution in [0.1, 0.15) is 39.5 Å². The first-order valence-corrected chi connectivity index (χ1v) is 7.33. The molecule has 2 rings (SSSR count). The number of hydrogen-bond donors (Lipinski definition) is 1. The van der Waals surface area contributed by atoms with Crippen molar-refractivity contribution in [3.63, 3.8) is 0 Å². The Labute approximate surface area is 97.5 Å². The van der Waals surface area contributed by atoms with E-state index in [2.05, 4.69) is 30.9 Å². The molecular weight excluding hydrogens is 206 g/mol. The van der Waals surface area contributed by atoms with Gasteiger partial charge >= 0.3 is 0 Å². The SMILES string of the molecule is CCOC1CC(NC2CCCSC2C)C1. The van der Waals surface area contributed by atoms with Crippen molar-refractivity contribution >= 4 is 11.8 Å². The third kappa shape index (κ3) is 3.11. The molecule has 0 spiro atoms. The molecule has 0 aromatic carbocycles. The van der Waals surface area contributed by atoms with Crippen LogP contribution in [-0.4, -0.2) is 35.8 Å². The second-order valence-electron chi connectivity index (χ2n) is 4.74. The highest BCUT2D eigenvalue weighted by Gasteiger charge is 2.33. The number of thioether (sulfide) groups is 1. The van der Waals surface area contributed by atoms with Crippen LogP contribution in [0.2, 0.25) is 0 Å². The van der Waals surface area contributed by atoms with Crippen molar-refractivity contribution in [2.24, 2.45) is 0 Å². The first kappa shape index (κ1) is 11.7. The molecule has 0 amide bonds. The molecule has 0 radical (unpaired) electrons. The highest BCUT2D eigenvalue weighted by atomic mass is 32.2. The normalized spacial score (nSPS) is 41.2. The Morgan fingerprint density at radius 2 is 2.20 bits per heavy atom. The first-order valence-electron chi connectivity index (χ1n) is 6.29. The first-order chi connectivity index (χ1) is 7.29. The minimum absolute atomic E-state index is 0.541. The number of hydrogen-bond acceptors (Lipinski definition) is 3. The van der Waals surface area contributed by atoms with E-state index < -0.39 is 0 Å². The summed E-state index contributed by atoms with van der Waals surface area (Å²) in [6.07, 6.45) is 5.74. The monoisotopic (exact) mass is 229 g/mol. The Bertz CT molecular complexity index is 194. The van der Waals surface area contributed by atoms with Gasteiger partial charge in [0, 0.05) is 23.9 Å². The molecule has 3 heteroatoms. The summed E-state index contributed by atoms with van der Waals surface area (Å²) < 4.78 is 5.58. The van der Waals surface area contributed by atoms with Gasteiger partial charge in [0.25, 0.3) is 0 Å². The molecule has 2 atom stereocenters. The van der Waals surface area contributed by atoms with Crippen molar-refractivity contribution in [2.75, 3.05) is 12.4 Å². The molecule has 15 heavy (non-hydrogen) atoms. The van der Waals surface area contributed by atoms with Gasteiger partial charge in [-0.2, -0.15) is 11.8 Å². The summed E-state index contributed by atoms with van der Waals surface area (Å²) in [5.41, 5.74) is 0. The fourth-order valence-electron chi connectivity index (χ4n) is 2.52. The largest absolute Gasteiger partial charge is 0.378 e. The lowest BCUT2D eigenvalue weighted by Crippen LogP contribution is -2.52. The average Bonchev–Trinajstić information content (AvgIpc) is 2.18. The van der Waals surface area contributed by atoms with Gasteiger partial charge in [0.15, 0.2) is 0 Å². The van der Waals surface area contributed by atoms with Crippen molar-refractivity contribution in [2.45, 2.75) is 63.0 Å². The Morgan fingerprint density at radius 1 is 1.40 bits per heavy atom. The lowest BCUT2D eigenvalue weighted by molar-refractivity contribution is -0.0126. The summed E-state index contributed by atoms with van der Waals surface area (Å²) in [5.74, 6) is 1.35. The van der Waals surface area contributed by atoms with E-state index in [0.29, 0.717) is 6.10 Å². The summed E-state index contributed by atoms with van der Waals surface area (Å²) in [4.78, 5) is 0. The topological polar surface area (TPSA) is 21.3 Å². The van der Waals surface area contributed by atoms with Gasteiger partial charge in [0.2, 0.25) is 0 Å². The van der Waals surface area contributed by atoms with Crippen molar-refractivity contribution in [3.8, 4) is 0 Å². The third-order valence-corrected chi connectivity index (χ3v) is 4.93. The Kier molecular flexibility index (Phi) is 4.35. The molecule has 2 unspecified atom stereocenters. The van der Waals surface area contributed by atoms with Gasteiger partial charge in [-0.15, -0.1) is 0 Å². The van der Waals surface area contributed by atoms with Crippen LogP contribution in [0.4, 0.5) is 0 Å². The van der Waals surface area contributed by atoms with E-state index in [1.807, 2.05) is 0 Å². The number of nitrogens with one attached hydrogen (secondary N) is 1. The van der Waals surface area contributed by atoms with Gasteiger partial charge in [0.1, 0.15) is 0 Å². The van der Waals surface area contributed by atoms with E-state index >= 15 is 0 Å². The minimum Gasteiger partial charge on any atom is -0.378 e. The van der Waals surface area contributed by atoms with E-state index in [0.717, 1.165) is 23.9 Å². The van der Waals surface area contributed by atoms with Crippen LogP contribution < -0.4 is 5.32 Å². The van der Waals surface area contributed by atoms with Gasteiger partial charge in [-0.1, -0.05) is 6.92 Å². The number of rotatable bonds is 4. The van der Waals surface area contributed by atoms with E-state index in [9.17, 15) is 0 Å². The standard InChI is InChI=1S/C12H23NOS/c1-3-14-11-7-10(8-11)13-12-5-4-6-15-9(12)2/h9-13H,3-8H2,1-2H3. The summed E-state index contributed by atoms with van der Waals surface area (Å²) in [6, 6.07) is 1.48. The van der Waals surface area contributed by atoms with Crippen LogP contribution in [0.25, 0.3) is 0 Å². The van der Waals surface area contributed by atoms with Gasteiger partial charge < -0.3 is 10.1 Å². The molecule has 1 aliphatic heterocycles. The van der Waals surface area contributed by atoms with Gasteiger partial charge in [0.05, 0.1) is 6.10 Å². The zero-order valence-corrected chi connectivity index (χ0v) is 10.7. The molecule has 1 saturated heterocycles. The average molecular weight is 229 g/mol. The molecule has 1 aliphatic carbocycles. The maximum Gasteiger partial charge on any atom is 0.0604 e. The molecule has 0 aromatic rings. The zero-order chi connectivity index (χ0) is 10.7. The molecule has 2 nitrogen and oxygen atoms in total. The second-order valence-corrected chi connectivity index (χ2v) is 6.22. The van der Waals surface area contributed by atoms with Crippen LogP contribution in [0, 0.1) is 0 Å². The second kappa shape index (κ2) is 5.55. The fraction of sp³-hybridized carbons (Fsp3) is 1.00. The Morgan fingerprint density at radius 3 is 2.87 bits per heavy atom. The van der Waals surface area contributed by atoms with Crippen LogP contribution in [0.5, 0.6) is 0 Å².